The van der Waals surface area contributed by atoms with E-state index < -0.39 is 0 Å². The van der Waals surface area contributed by atoms with Crippen molar-refractivity contribution in [2.45, 2.75) is 19.8 Å². The highest BCUT2D eigenvalue weighted by atomic mass is 16.3. The van der Waals surface area contributed by atoms with E-state index in [1.807, 2.05) is 4.90 Å². The van der Waals surface area contributed by atoms with Crippen molar-refractivity contribution in [3.05, 3.63) is 35.4 Å². The van der Waals surface area contributed by atoms with Crippen LogP contribution in [0.15, 0.2) is 24.3 Å². The number of aliphatic hydroxyl groups is 1. The molecular weight excluding hydrogens is 214 g/mol. The van der Waals surface area contributed by atoms with Gasteiger partial charge in [0.1, 0.15) is 0 Å². The zero-order valence-electron chi connectivity index (χ0n) is 10.2. The van der Waals surface area contributed by atoms with Crippen LogP contribution in [-0.4, -0.2) is 35.6 Å². The first-order valence-corrected chi connectivity index (χ1v) is 6.13. The van der Waals surface area contributed by atoms with Gasteiger partial charge >= 0.3 is 0 Å². The third-order valence-corrected chi connectivity index (χ3v) is 3.34. The molecule has 92 valence electrons. The lowest BCUT2D eigenvalue weighted by Crippen LogP contribution is -2.27. The van der Waals surface area contributed by atoms with Crippen molar-refractivity contribution < 1.29 is 9.90 Å². The highest BCUT2D eigenvalue weighted by Crippen LogP contribution is 2.17. The maximum Gasteiger partial charge on any atom is 0.223 e. The summed E-state index contributed by atoms with van der Waals surface area (Å²) in [7, 11) is 0. The standard InChI is InChI=1S/C14H19NO2/c1-11-2-4-12(5-3-11)6-7-15-9-13(10-16)8-14(15)17/h2-5,13,16H,6-10H2,1H3. The van der Waals surface area contributed by atoms with Crippen LogP contribution >= 0.6 is 0 Å². The van der Waals surface area contributed by atoms with Gasteiger partial charge in [0, 0.05) is 32.0 Å². The zero-order valence-corrected chi connectivity index (χ0v) is 10.2. The minimum atomic E-state index is 0.118. The molecule has 0 bridgehead atoms. The van der Waals surface area contributed by atoms with Crippen LogP contribution in [0.3, 0.4) is 0 Å². The molecule has 1 atom stereocenters. The molecule has 1 saturated heterocycles. The zero-order chi connectivity index (χ0) is 12.3. The molecule has 0 aliphatic carbocycles. The van der Waals surface area contributed by atoms with Gasteiger partial charge in [-0.2, -0.15) is 0 Å². The topological polar surface area (TPSA) is 40.5 Å². The Hall–Kier alpha value is -1.35. The number of hydrogen-bond acceptors (Lipinski definition) is 2. The van der Waals surface area contributed by atoms with Crippen LogP contribution in [0.5, 0.6) is 0 Å². The molecule has 1 fully saturated rings. The average Bonchev–Trinajstić information content (AvgIpc) is 2.69. The fraction of sp³-hybridized carbons (Fsp3) is 0.500. The quantitative estimate of drug-likeness (QED) is 0.853. The molecule has 1 N–H and O–H groups in total. The first-order valence-electron chi connectivity index (χ1n) is 6.13. The second-order valence-electron chi connectivity index (χ2n) is 4.83. The molecular formula is C14H19NO2. The lowest BCUT2D eigenvalue weighted by atomic mass is 10.1. The molecule has 3 heteroatoms. The minimum absolute atomic E-state index is 0.118. The Morgan fingerprint density at radius 3 is 2.65 bits per heavy atom. The van der Waals surface area contributed by atoms with Crippen LogP contribution in [-0.2, 0) is 11.2 Å². The SMILES string of the molecule is Cc1ccc(CCN2CC(CO)CC2=O)cc1. The Balaban J connectivity index is 1.86. The highest BCUT2D eigenvalue weighted by Gasteiger charge is 2.28. The summed E-state index contributed by atoms with van der Waals surface area (Å²) in [5.41, 5.74) is 2.52. The average molecular weight is 233 g/mol. The fourth-order valence-electron chi connectivity index (χ4n) is 2.21. The van der Waals surface area contributed by atoms with Crippen molar-refractivity contribution in [1.82, 2.24) is 4.90 Å². The molecule has 0 radical (unpaired) electrons. The van der Waals surface area contributed by atoms with Gasteiger partial charge in [0.2, 0.25) is 5.91 Å². The summed E-state index contributed by atoms with van der Waals surface area (Å²) < 4.78 is 0. The number of rotatable bonds is 4. The van der Waals surface area contributed by atoms with Crippen molar-refractivity contribution in [1.29, 1.82) is 0 Å². The molecule has 1 aromatic rings. The lowest BCUT2D eigenvalue weighted by Gasteiger charge is -2.16. The van der Waals surface area contributed by atoms with Crippen molar-refractivity contribution in [3.63, 3.8) is 0 Å². The summed E-state index contributed by atoms with van der Waals surface area (Å²) >= 11 is 0. The number of aliphatic hydroxyl groups excluding tert-OH is 1. The van der Waals surface area contributed by atoms with Gasteiger partial charge in [-0.3, -0.25) is 4.79 Å². The van der Waals surface area contributed by atoms with Crippen molar-refractivity contribution in [3.8, 4) is 0 Å². The van der Waals surface area contributed by atoms with Gasteiger partial charge in [-0.15, -0.1) is 0 Å². The summed E-state index contributed by atoms with van der Waals surface area (Å²) in [6.45, 7) is 3.66. The van der Waals surface area contributed by atoms with E-state index >= 15 is 0 Å². The van der Waals surface area contributed by atoms with Gasteiger partial charge in [0.25, 0.3) is 0 Å². The Labute approximate surface area is 102 Å². The number of aryl methyl sites for hydroxylation is 1. The third-order valence-electron chi connectivity index (χ3n) is 3.34. The summed E-state index contributed by atoms with van der Waals surface area (Å²) in [5, 5.41) is 9.04. The van der Waals surface area contributed by atoms with Crippen LogP contribution in [0, 0.1) is 12.8 Å². The van der Waals surface area contributed by atoms with Crippen molar-refractivity contribution in [2.75, 3.05) is 19.7 Å². The van der Waals surface area contributed by atoms with Gasteiger partial charge < -0.3 is 10.0 Å². The number of carbonyl (C=O) groups excluding carboxylic acids is 1. The number of amides is 1. The fourth-order valence-corrected chi connectivity index (χ4v) is 2.21. The third kappa shape index (κ3) is 3.07. The van der Waals surface area contributed by atoms with Crippen molar-refractivity contribution >= 4 is 5.91 Å². The predicted molar refractivity (Wildman–Crippen MR) is 66.7 cm³/mol. The molecule has 1 aliphatic rings. The van der Waals surface area contributed by atoms with E-state index in [4.69, 9.17) is 5.11 Å². The molecule has 1 unspecified atom stereocenters. The lowest BCUT2D eigenvalue weighted by molar-refractivity contribution is -0.127. The van der Waals surface area contributed by atoms with E-state index in [0.717, 1.165) is 13.0 Å². The number of nitrogens with zero attached hydrogens (tertiary/aromatic N) is 1. The number of carbonyl (C=O) groups is 1. The number of benzene rings is 1. The second-order valence-corrected chi connectivity index (χ2v) is 4.83. The van der Waals surface area contributed by atoms with Crippen LogP contribution < -0.4 is 0 Å². The Morgan fingerprint density at radius 2 is 2.06 bits per heavy atom. The Bertz CT molecular complexity index is 386. The van der Waals surface area contributed by atoms with Crippen LogP contribution in [0.4, 0.5) is 0 Å². The van der Waals surface area contributed by atoms with Gasteiger partial charge in [0.05, 0.1) is 0 Å². The molecule has 17 heavy (non-hydrogen) atoms. The molecule has 1 heterocycles. The highest BCUT2D eigenvalue weighted by molar-refractivity contribution is 5.78. The number of hydrogen-bond donors (Lipinski definition) is 1. The molecule has 2 rings (SSSR count). The number of likely N-dealkylation sites (tertiary alicyclic amines) is 1. The van der Waals surface area contributed by atoms with Crippen LogP contribution in [0.1, 0.15) is 17.5 Å². The largest absolute Gasteiger partial charge is 0.396 e. The first kappa shape index (κ1) is 12.1. The maximum atomic E-state index is 11.6. The smallest absolute Gasteiger partial charge is 0.223 e. The molecule has 0 spiro atoms. The van der Waals surface area contributed by atoms with E-state index in [0.29, 0.717) is 13.0 Å². The minimum Gasteiger partial charge on any atom is -0.396 e. The first-order chi connectivity index (χ1) is 8.19. The van der Waals surface area contributed by atoms with Gasteiger partial charge in [-0.1, -0.05) is 29.8 Å². The predicted octanol–water partition coefficient (Wildman–Crippen LogP) is 1.38. The van der Waals surface area contributed by atoms with Gasteiger partial charge in [-0.25, -0.2) is 0 Å². The van der Waals surface area contributed by atoms with E-state index in [1.54, 1.807) is 0 Å². The second kappa shape index (κ2) is 5.32. The summed E-state index contributed by atoms with van der Waals surface area (Å²) in [6.07, 6.45) is 1.40. The van der Waals surface area contributed by atoms with Gasteiger partial charge in [-0.05, 0) is 18.9 Å². The molecule has 1 amide bonds. The molecule has 1 aromatic carbocycles. The van der Waals surface area contributed by atoms with Crippen molar-refractivity contribution in [2.24, 2.45) is 5.92 Å². The van der Waals surface area contributed by atoms with Crippen LogP contribution in [0.25, 0.3) is 0 Å². The summed E-state index contributed by atoms with van der Waals surface area (Å²) in [5.74, 6) is 0.316. The van der Waals surface area contributed by atoms with E-state index in [-0.39, 0.29) is 18.4 Å². The maximum absolute atomic E-state index is 11.6. The normalized spacial score (nSPS) is 20.0. The Kier molecular flexibility index (Phi) is 3.79. The molecule has 1 aliphatic heterocycles. The van der Waals surface area contributed by atoms with Gasteiger partial charge in [0.15, 0.2) is 0 Å². The van der Waals surface area contributed by atoms with Crippen LogP contribution in [0.2, 0.25) is 0 Å². The molecule has 0 aromatic heterocycles. The molecule has 0 saturated carbocycles. The molecule has 3 nitrogen and oxygen atoms in total. The monoisotopic (exact) mass is 233 g/mol. The Morgan fingerprint density at radius 1 is 1.35 bits per heavy atom. The van der Waals surface area contributed by atoms with E-state index in [2.05, 4.69) is 31.2 Å². The van der Waals surface area contributed by atoms with E-state index in [1.165, 1.54) is 11.1 Å². The van der Waals surface area contributed by atoms with E-state index in [9.17, 15) is 4.79 Å². The summed E-state index contributed by atoms with van der Waals surface area (Å²) in [4.78, 5) is 13.5. The summed E-state index contributed by atoms with van der Waals surface area (Å²) in [6, 6.07) is 8.41.